The van der Waals surface area contributed by atoms with E-state index in [-0.39, 0.29) is 0 Å². The average molecular weight is 248 g/mol. The molecule has 0 amide bonds. The van der Waals surface area contributed by atoms with Gasteiger partial charge in [-0.05, 0) is 42.3 Å². The number of thioether (sulfide) groups is 1. The fourth-order valence-electron chi connectivity index (χ4n) is 1.66. The summed E-state index contributed by atoms with van der Waals surface area (Å²) in [6, 6.07) is 6.29. The number of tetrazole rings is 1. The van der Waals surface area contributed by atoms with Crippen LogP contribution in [-0.2, 0) is 0 Å². The number of hydrogen-bond donors (Lipinski definition) is 0. The normalized spacial score (nSPS) is 10.8. The summed E-state index contributed by atoms with van der Waals surface area (Å²) in [7, 11) is 0. The molecule has 0 fully saturated rings. The van der Waals surface area contributed by atoms with Gasteiger partial charge in [-0.25, -0.2) is 0 Å². The molecule has 90 valence electrons. The molecule has 0 N–H and O–H groups in total. The van der Waals surface area contributed by atoms with Gasteiger partial charge in [0.1, 0.15) is 0 Å². The van der Waals surface area contributed by atoms with Gasteiger partial charge in [0.15, 0.2) is 0 Å². The van der Waals surface area contributed by atoms with Crippen LogP contribution in [0.1, 0.15) is 24.5 Å². The van der Waals surface area contributed by atoms with Crippen LogP contribution in [0.5, 0.6) is 0 Å². The molecular formula is C12H16N4S. The summed E-state index contributed by atoms with van der Waals surface area (Å²) in [5, 5.41) is 12.7. The van der Waals surface area contributed by atoms with Crippen molar-refractivity contribution in [1.82, 2.24) is 20.2 Å². The number of hydrogen-bond acceptors (Lipinski definition) is 4. The summed E-state index contributed by atoms with van der Waals surface area (Å²) in [5.41, 5.74) is 3.50. The van der Waals surface area contributed by atoms with Gasteiger partial charge in [-0.3, -0.25) is 0 Å². The Labute approximate surface area is 105 Å². The molecular weight excluding hydrogens is 232 g/mol. The van der Waals surface area contributed by atoms with Gasteiger partial charge in [0.25, 0.3) is 0 Å². The zero-order valence-electron chi connectivity index (χ0n) is 10.3. The Morgan fingerprint density at radius 3 is 2.82 bits per heavy atom. The summed E-state index contributed by atoms with van der Waals surface area (Å²) in [5.74, 6) is 1.03. The Balaban J connectivity index is 2.35. The van der Waals surface area contributed by atoms with E-state index < -0.39 is 0 Å². The Morgan fingerprint density at radius 2 is 2.12 bits per heavy atom. The van der Waals surface area contributed by atoms with Crippen LogP contribution in [0.15, 0.2) is 23.4 Å². The number of aromatic nitrogens is 4. The first-order chi connectivity index (χ1) is 8.22. The van der Waals surface area contributed by atoms with Gasteiger partial charge in [-0.1, -0.05) is 36.4 Å². The topological polar surface area (TPSA) is 43.6 Å². The minimum Gasteiger partial charge on any atom is -0.187 e. The fraction of sp³-hybridized carbons (Fsp3) is 0.417. The summed E-state index contributed by atoms with van der Waals surface area (Å²) >= 11 is 1.69. The van der Waals surface area contributed by atoms with Gasteiger partial charge in [-0.15, -0.1) is 5.10 Å². The van der Waals surface area contributed by atoms with Crippen molar-refractivity contribution in [3.63, 3.8) is 0 Å². The van der Waals surface area contributed by atoms with Crippen LogP contribution < -0.4 is 0 Å². The van der Waals surface area contributed by atoms with Crippen molar-refractivity contribution in [1.29, 1.82) is 0 Å². The molecule has 1 aromatic carbocycles. The van der Waals surface area contributed by atoms with Crippen molar-refractivity contribution < 1.29 is 0 Å². The Morgan fingerprint density at radius 1 is 1.29 bits per heavy atom. The minimum absolute atomic E-state index is 0.860. The quantitative estimate of drug-likeness (QED) is 0.780. The van der Waals surface area contributed by atoms with E-state index >= 15 is 0 Å². The molecule has 17 heavy (non-hydrogen) atoms. The van der Waals surface area contributed by atoms with Gasteiger partial charge < -0.3 is 0 Å². The lowest BCUT2D eigenvalue weighted by atomic mass is 10.1. The summed E-state index contributed by atoms with van der Waals surface area (Å²) in [6.07, 6.45) is 1.12. The number of aryl methyl sites for hydroxylation is 2. The second-order valence-corrected chi connectivity index (χ2v) is 5.07. The summed E-state index contributed by atoms with van der Waals surface area (Å²) < 4.78 is 1.81. The van der Waals surface area contributed by atoms with Crippen LogP contribution in [0, 0.1) is 13.8 Å². The van der Waals surface area contributed by atoms with Gasteiger partial charge in [0.2, 0.25) is 5.16 Å². The molecule has 1 heterocycles. The first-order valence-electron chi connectivity index (χ1n) is 5.71. The molecule has 1 aromatic heterocycles. The Kier molecular flexibility index (Phi) is 3.78. The van der Waals surface area contributed by atoms with Crippen molar-refractivity contribution in [3.8, 4) is 5.69 Å². The third kappa shape index (κ3) is 2.66. The molecule has 0 aliphatic carbocycles. The predicted molar refractivity (Wildman–Crippen MR) is 69.6 cm³/mol. The maximum atomic E-state index is 4.06. The van der Waals surface area contributed by atoms with E-state index in [0.29, 0.717) is 0 Å². The second-order valence-electron chi connectivity index (χ2n) is 4.01. The number of nitrogens with zero attached hydrogens (tertiary/aromatic N) is 4. The minimum atomic E-state index is 0.860. The lowest BCUT2D eigenvalue weighted by Gasteiger charge is -2.07. The molecule has 0 bridgehead atoms. The zero-order chi connectivity index (χ0) is 12.3. The van der Waals surface area contributed by atoms with E-state index in [4.69, 9.17) is 0 Å². The first kappa shape index (κ1) is 12.1. The molecule has 0 spiro atoms. The molecule has 0 atom stereocenters. The lowest BCUT2D eigenvalue weighted by molar-refractivity contribution is 0.751. The standard InChI is InChI=1S/C12H16N4S/c1-4-7-17-12-13-14-15-16(12)11-6-5-9(2)8-10(11)3/h5-6,8H,4,7H2,1-3H3. The smallest absolute Gasteiger partial charge is 0.187 e. The molecule has 0 radical (unpaired) electrons. The summed E-state index contributed by atoms with van der Waals surface area (Å²) in [6.45, 7) is 6.32. The first-order valence-corrected chi connectivity index (χ1v) is 6.69. The number of rotatable bonds is 4. The highest BCUT2D eigenvalue weighted by atomic mass is 32.2. The largest absolute Gasteiger partial charge is 0.214 e. The van der Waals surface area contributed by atoms with Crippen LogP contribution >= 0.6 is 11.8 Å². The zero-order valence-corrected chi connectivity index (χ0v) is 11.2. The van der Waals surface area contributed by atoms with Gasteiger partial charge in [-0.2, -0.15) is 4.68 Å². The highest BCUT2D eigenvalue weighted by Crippen LogP contribution is 2.21. The monoisotopic (exact) mass is 248 g/mol. The molecule has 0 saturated heterocycles. The fourth-order valence-corrected chi connectivity index (χ4v) is 2.39. The molecule has 0 aliphatic rings. The van der Waals surface area contributed by atoms with Gasteiger partial charge in [0, 0.05) is 5.75 Å². The molecule has 0 aliphatic heterocycles. The van der Waals surface area contributed by atoms with Crippen molar-refractivity contribution in [3.05, 3.63) is 29.3 Å². The number of benzene rings is 1. The van der Waals surface area contributed by atoms with Crippen molar-refractivity contribution in [2.24, 2.45) is 0 Å². The molecule has 2 aromatic rings. The van der Waals surface area contributed by atoms with E-state index in [0.717, 1.165) is 23.0 Å². The van der Waals surface area contributed by atoms with E-state index in [2.05, 4.69) is 54.5 Å². The average Bonchev–Trinajstić information content (AvgIpc) is 2.74. The van der Waals surface area contributed by atoms with E-state index in [9.17, 15) is 0 Å². The van der Waals surface area contributed by atoms with Gasteiger partial charge >= 0.3 is 0 Å². The Hall–Kier alpha value is -1.36. The van der Waals surface area contributed by atoms with E-state index in [1.54, 1.807) is 11.8 Å². The molecule has 2 rings (SSSR count). The molecule has 0 unspecified atom stereocenters. The molecule has 4 nitrogen and oxygen atoms in total. The maximum absolute atomic E-state index is 4.06. The summed E-state index contributed by atoms with van der Waals surface area (Å²) in [4.78, 5) is 0. The van der Waals surface area contributed by atoms with Crippen LogP contribution in [0.3, 0.4) is 0 Å². The van der Waals surface area contributed by atoms with E-state index in [1.165, 1.54) is 11.1 Å². The third-order valence-corrected chi connectivity index (χ3v) is 3.58. The van der Waals surface area contributed by atoms with Crippen molar-refractivity contribution >= 4 is 11.8 Å². The van der Waals surface area contributed by atoms with Crippen LogP contribution in [0.2, 0.25) is 0 Å². The third-order valence-electron chi connectivity index (χ3n) is 2.46. The second kappa shape index (κ2) is 5.31. The Bertz CT molecular complexity index is 507. The SMILES string of the molecule is CCCSc1nnnn1-c1ccc(C)cc1C. The van der Waals surface area contributed by atoms with E-state index in [1.807, 2.05) is 4.68 Å². The molecule has 0 saturated carbocycles. The maximum Gasteiger partial charge on any atom is 0.214 e. The van der Waals surface area contributed by atoms with Crippen LogP contribution in [-0.4, -0.2) is 26.0 Å². The van der Waals surface area contributed by atoms with Crippen LogP contribution in [0.25, 0.3) is 5.69 Å². The van der Waals surface area contributed by atoms with Crippen molar-refractivity contribution in [2.75, 3.05) is 5.75 Å². The van der Waals surface area contributed by atoms with Gasteiger partial charge in [0.05, 0.1) is 5.69 Å². The molecule has 5 heteroatoms. The highest BCUT2D eigenvalue weighted by molar-refractivity contribution is 7.99. The van der Waals surface area contributed by atoms with Crippen molar-refractivity contribution in [2.45, 2.75) is 32.3 Å². The predicted octanol–water partition coefficient (Wildman–Crippen LogP) is 2.78. The van der Waals surface area contributed by atoms with Crippen LogP contribution in [0.4, 0.5) is 0 Å². The lowest BCUT2D eigenvalue weighted by Crippen LogP contribution is -2.01. The highest BCUT2D eigenvalue weighted by Gasteiger charge is 2.10.